The molecule has 2 heterocycles. The van der Waals surface area contributed by atoms with Crippen molar-refractivity contribution in [3.8, 4) is 5.75 Å². The molecule has 1 aliphatic rings. The summed E-state index contributed by atoms with van der Waals surface area (Å²) in [6, 6.07) is 9.60. The van der Waals surface area contributed by atoms with Gasteiger partial charge in [-0.3, -0.25) is 9.69 Å². The van der Waals surface area contributed by atoms with E-state index in [9.17, 15) is 4.79 Å². The molecule has 23 heavy (non-hydrogen) atoms. The first-order valence-corrected chi connectivity index (χ1v) is 8.96. The van der Waals surface area contributed by atoms with Crippen LogP contribution in [-0.4, -0.2) is 48.5 Å². The second-order valence-corrected chi connectivity index (χ2v) is 6.44. The van der Waals surface area contributed by atoms with Crippen molar-refractivity contribution in [2.45, 2.75) is 13.5 Å². The third-order valence-electron chi connectivity index (χ3n) is 4.06. The Labute approximate surface area is 141 Å². The molecule has 0 saturated carbocycles. The van der Waals surface area contributed by atoms with Crippen molar-refractivity contribution >= 4 is 17.2 Å². The van der Waals surface area contributed by atoms with E-state index < -0.39 is 0 Å². The Balaban J connectivity index is 1.53. The molecule has 1 amide bonds. The molecule has 4 nitrogen and oxygen atoms in total. The average Bonchev–Trinajstić information content (AvgIpc) is 3.09. The molecule has 1 aromatic heterocycles. The van der Waals surface area contributed by atoms with E-state index in [1.54, 1.807) is 11.3 Å². The summed E-state index contributed by atoms with van der Waals surface area (Å²) in [6.07, 6.45) is 0. The third-order valence-corrected chi connectivity index (χ3v) is 4.79. The Morgan fingerprint density at radius 2 is 1.87 bits per heavy atom. The smallest absolute Gasteiger partial charge is 0.253 e. The van der Waals surface area contributed by atoms with Crippen LogP contribution in [0.1, 0.15) is 22.8 Å². The molecular formula is C18H22N2O2S. The molecule has 1 fully saturated rings. The van der Waals surface area contributed by atoms with Crippen LogP contribution in [0.25, 0.3) is 0 Å². The molecule has 0 bridgehead atoms. The molecule has 5 heteroatoms. The fourth-order valence-corrected chi connectivity index (χ4v) is 3.45. The van der Waals surface area contributed by atoms with Gasteiger partial charge in [0.05, 0.1) is 6.61 Å². The molecule has 0 N–H and O–H groups in total. The van der Waals surface area contributed by atoms with E-state index >= 15 is 0 Å². The van der Waals surface area contributed by atoms with E-state index in [-0.39, 0.29) is 5.91 Å². The summed E-state index contributed by atoms with van der Waals surface area (Å²) in [7, 11) is 0. The lowest BCUT2D eigenvalue weighted by Gasteiger charge is -2.34. The Morgan fingerprint density at radius 3 is 2.48 bits per heavy atom. The molecule has 0 unspecified atom stereocenters. The molecule has 0 radical (unpaired) electrons. The number of nitrogens with zero attached hydrogens (tertiary/aromatic N) is 2. The number of carbonyl (C=O) groups excluding carboxylic acids is 1. The number of piperazine rings is 1. The summed E-state index contributed by atoms with van der Waals surface area (Å²) in [5.74, 6) is 0.924. The fraction of sp³-hybridized carbons (Fsp3) is 0.389. The van der Waals surface area contributed by atoms with Gasteiger partial charge >= 0.3 is 0 Å². The van der Waals surface area contributed by atoms with Gasteiger partial charge in [-0.15, -0.1) is 0 Å². The van der Waals surface area contributed by atoms with Crippen LogP contribution in [0, 0.1) is 0 Å². The number of ether oxygens (including phenoxy) is 1. The Morgan fingerprint density at radius 1 is 1.13 bits per heavy atom. The molecule has 1 aliphatic heterocycles. The van der Waals surface area contributed by atoms with Crippen LogP contribution < -0.4 is 4.74 Å². The van der Waals surface area contributed by atoms with E-state index in [4.69, 9.17) is 4.74 Å². The minimum atomic E-state index is 0.114. The second-order valence-electron chi connectivity index (χ2n) is 5.66. The summed E-state index contributed by atoms with van der Waals surface area (Å²) < 4.78 is 5.42. The number of hydrogen-bond donors (Lipinski definition) is 0. The Hall–Kier alpha value is -1.85. The highest BCUT2D eigenvalue weighted by Gasteiger charge is 2.22. The summed E-state index contributed by atoms with van der Waals surface area (Å²) in [6.45, 7) is 7.01. The van der Waals surface area contributed by atoms with Crippen LogP contribution in [0.2, 0.25) is 0 Å². The third kappa shape index (κ3) is 4.12. The first-order chi connectivity index (χ1) is 11.3. The summed E-state index contributed by atoms with van der Waals surface area (Å²) >= 11 is 1.73. The van der Waals surface area contributed by atoms with Gasteiger partial charge in [0.25, 0.3) is 5.91 Å². The lowest BCUT2D eigenvalue weighted by Crippen LogP contribution is -2.48. The van der Waals surface area contributed by atoms with Gasteiger partial charge in [-0.25, -0.2) is 0 Å². The maximum Gasteiger partial charge on any atom is 0.253 e. The van der Waals surface area contributed by atoms with Crippen LogP contribution in [-0.2, 0) is 6.54 Å². The van der Waals surface area contributed by atoms with Gasteiger partial charge < -0.3 is 9.64 Å². The first-order valence-electron chi connectivity index (χ1n) is 8.02. The van der Waals surface area contributed by atoms with Crippen molar-refractivity contribution in [2.75, 3.05) is 32.8 Å². The first kappa shape index (κ1) is 16.0. The van der Waals surface area contributed by atoms with Crippen molar-refractivity contribution < 1.29 is 9.53 Å². The maximum atomic E-state index is 12.6. The molecule has 2 aromatic rings. The largest absolute Gasteiger partial charge is 0.494 e. The zero-order valence-electron chi connectivity index (χ0n) is 13.4. The van der Waals surface area contributed by atoms with Gasteiger partial charge in [-0.2, -0.15) is 11.3 Å². The highest BCUT2D eigenvalue weighted by Crippen LogP contribution is 2.16. The zero-order chi connectivity index (χ0) is 16.1. The normalized spacial score (nSPS) is 15.6. The van der Waals surface area contributed by atoms with Crippen LogP contribution in [0.15, 0.2) is 41.1 Å². The fourth-order valence-electron chi connectivity index (χ4n) is 2.79. The number of rotatable bonds is 5. The van der Waals surface area contributed by atoms with Gasteiger partial charge in [0.2, 0.25) is 0 Å². The molecule has 0 spiro atoms. The van der Waals surface area contributed by atoms with Gasteiger partial charge in [0.1, 0.15) is 5.75 Å². The van der Waals surface area contributed by atoms with Crippen molar-refractivity contribution in [3.05, 3.63) is 52.2 Å². The van der Waals surface area contributed by atoms with Crippen LogP contribution in [0.3, 0.4) is 0 Å². The van der Waals surface area contributed by atoms with Gasteiger partial charge in [-0.1, -0.05) is 0 Å². The van der Waals surface area contributed by atoms with Crippen molar-refractivity contribution in [1.29, 1.82) is 0 Å². The van der Waals surface area contributed by atoms with Crippen LogP contribution >= 0.6 is 11.3 Å². The molecular weight excluding hydrogens is 308 g/mol. The molecule has 3 rings (SSSR count). The average molecular weight is 330 g/mol. The van der Waals surface area contributed by atoms with E-state index in [1.165, 1.54) is 5.56 Å². The minimum Gasteiger partial charge on any atom is -0.494 e. The Bertz CT molecular complexity index is 617. The predicted octanol–water partition coefficient (Wildman–Crippen LogP) is 3.10. The number of amides is 1. The Kier molecular flexibility index (Phi) is 5.31. The van der Waals surface area contributed by atoms with E-state index in [1.807, 2.05) is 36.1 Å². The summed E-state index contributed by atoms with van der Waals surface area (Å²) in [4.78, 5) is 16.9. The molecule has 0 aliphatic carbocycles. The second kappa shape index (κ2) is 7.62. The van der Waals surface area contributed by atoms with Gasteiger partial charge in [-0.05, 0) is 53.6 Å². The molecule has 122 valence electrons. The SMILES string of the molecule is CCOc1ccc(C(=O)N2CCN(Cc3ccsc3)CC2)cc1. The van der Waals surface area contributed by atoms with Crippen LogP contribution in [0.4, 0.5) is 0 Å². The highest BCUT2D eigenvalue weighted by atomic mass is 32.1. The zero-order valence-corrected chi connectivity index (χ0v) is 14.2. The highest BCUT2D eigenvalue weighted by molar-refractivity contribution is 7.07. The van der Waals surface area contributed by atoms with Gasteiger partial charge in [0, 0.05) is 38.3 Å². The van der Waals surface area contributed by atoms with Gasteiger partial charge in [0.15, 0.2) is 0 Å². The maximum absolute atomic E-state index is 12.6. The lowest BCUT2D eigenvalue weighted by atomic mass is 10.1. The van der Waals surface area contributed by atoms with Crippen molar-refractivity contribution in [3.63, 3.8) is 0 Å². The molecule has 1 aromatic carbocycles. The number of carbonyl (C=O) groups is 1. The topological polar surface area (TPSA) is 32.8 Å². The number of thiophene rings is 1. The molecule has 1 saturated heterocycles. The number of benzene rings is 1. The van der Waals surface area contributed by atoms with Crippen molar-refractivity contribution in [2.24, 2.45) is 0 Å². The standard InChI is InChI=1S/C18H22N2O2S/c1-2-22-17-5-3-16(4-6-17)18(21)20-10-8-19(9-11-20)13-15-7-12-23-14-15/h3-7,12,14H,2,8-11,13H2,1H3. The van der Waals surface area contributed by atoms with E-state index in [0.717, 1.165) is 44.0 Å². The summed E-state index contributed by atoms with van der Waals surface area (Å²) in [5, 5.41) is 4.30. The monoisotopic (exact) mass is 330 g/mol. The summed E-state index contributed by atoms with van der Waals surface area (Å²) in [5.41, 5.74) is 2.10. The van der Waals surface area contributed by atoms with E-state index in [2.05, 4.69) is 21.7 Å². The lowest BCUT2D eigenvalue weighted by molar-refractivity contribution is 0.0628. The molecule has 0 atom stereocenters. The quantitative estimate of drug-likeness (QED) is 0.844. The number of hydrogen-bond acceptors (Lipinski definition) is 4. The van der Waals surface area contributed by atoms with Crippen molar-refractivity contribution in [1.82, 2.24) is 9.80 Å². The van der Waals surface area contributed by atoms with E-state index in [0.29, 0.717) is 6.61 Å². The van der Waals surface area contributed by atoms with Crippen LogP contribution in [0.5, 0.6) is 5.75 Å². The minimum absolute atomic E-state index is 0.114. The predicted molar refractivity (Wildman–Crippen MR) is 93.1 cm³/mol.